The monoisotopic (exact) mass is 310 g/mol. The predicted molar refractivity (Wildman–Crippen MR) is 90.3 cm³/mol. The first-order valence-electron chi connectivity index (χ1n) is 7.98. The lowest BCUT2D eigenvalue weighted by molar-refractivity contribution is 0.199. The number of anilines is 1. The quantitative estimate of drug-likeness (QED) is 0.704. The van der Waals surface area contributed by atoms with Gasteiger partial charge in [-0.3, -0.25) is 0 Å². The summed E-state index contributed by atoms with van der Waals surface area (Å²) in [5.74, 6) is 0.859. The first-order valence-corrected chi connectivity index (χ1v) is 8.36. The lowest BCUT2D eigenvalue weighted by Gasteiger charge is -2.34. The Morgan fingerprint density at radius 1 is 1.38 bits per heavy atom. The number of rotatable bonds is 9. The Morgan fingerprint density at radius 3 is 2.81 bits per heavy atom. The fraction of sp³-hybridized carbons (Fsp3) is 0.647. The molecule has 0 amide bonds. The van der Waals surface area contributed by atoms with Crippen LogP contribution in [0, 0.1) is 5.92 Å². The van der Waals surface area contributed by atoms with Crippen molar-refractivity contribution in [3.8, 4) is 0 Å². The summed E-state index contributed by atoms with van der Waals surface area (Å²) in [4.78, 5) is 2.48. The molecule has 0 atom stereocenters. The molecule has 0 spiro atoms. The maximum atomic E-state index is 6.43. The van der Waals surface area contributed by atoms with Crippen molar-refractivity contribution < 1.29 is 4.74 Å². The number of benzene rings is 1. The van der Waals surface area contributed by atoms with Gasteiger partial charge in [0.25, 0.3) is 0 Å². The predicted octanol–water partition coefficient (Wildman–Crippen LogP) is 3.70. The molecule has 4 heteroatoms. The van der Waals surface area contributed by atoms with Crippen molar-refractivity contribution in [3.63, 3.8) is 0 Å². The average molecular weight is 311 g/mol. The number of nitrogens with one attached hydrogen (secondary N) is 1. The van der Waals surface area contributed by atoms with Crippen molar-refractivity contribution in [2.75, 3.05) is 38.3 Å². The highest BCUT2D eigenvalue weighted by molar-refractivity contribution is 6.31. The normalized spacial score (nSPS) is 15.0. The molecule has 0 unspecified atom stereocenters. The van der Waals surface area contributed by atoms with E-state index in [0.29, 0.717) is 0 Å². The highest BCUT2D eigenvalue weighted by Gasteiger charge is 2.21. The molecule has 1 saturated carbocycles. The Kier molecular flexibility index (Phi) is 6.81. The van der Waals surface area contributed by atoms with Crippen LogP contribution in [0.1, 0.15) is 31.7 Å². The fourth-order valence-corrected chi connectivity index (χ4v) is 3.03. The summed E-state index contributed by atoms with van der Waals surface area (Å²) < 4.78 is 5.08. The largest absolute Gasteiger partial charge is 0.383 e. The number of hydrogen-bond acceptors (Lipinski definition) is 3. The van der Waals surface area contributed by atoms with E-state index in [0.717, 1.165) is 43.7 Å². The van der Waals surface area contributed by atoms with Gasteiger partial charge >= 0.3 is 0 Å². The van der Waals surface area contributed by atoms with E-state index in [4.69, 9.17) is 16.3 Å². The van der Waals surface area contributed by atoms with Crippen molar-refractivity contribution in [2.45, 2.75) is 32.7 Å². The molecule has 3 nitrogen and oxygen atoms in total. The summed E-state index contributed by atoms with van der Waals surface area (Å²) in [7, 11) is 1.72. The minimum Gasteiger partial charge on any atom is -0.383 e. The maximum absolute atomic E-state index is 6.43. The van der Waals surface area contributed by atoms with Gasteiger partial charge in [0.05, 0.1) is 6.61 Å². The van der Waals surface area contributed by atoms with Gasteiger partial charge in [-0.15, -0.1) is 0 Å². The van der Waals surface area contributed by atoms with Crippen molar-refractivity contribution >= 4 is 17.3 Å². The summed E-state index contributed by atoms with van der Waals surface area (Å²) in [6.07, 6.45) is 4.14. The van der Waals surface area contributed by atoms with E-state index in [-0.39, 0.29) is 0 Å². The van der Waals surface area contributed by atoms with Gasteiger partial charge in [0.15, 0.2) is 0 Å². The first-order chi connectivity index (χ1) is 10.3. The van der Waals surface area contributed by atoms with Gasteiger partial charge in [0.2, 0.25) is 0 Å². The number of ether oxygens (including phenoxy) is 1. The van der Waals surface area contributed by atoms with E-state index in [2.05, 4.69) is 29.3 Å². The van der Waals surface area contributed by atoms with Crippen molar-refractivity contribution in [1.82, 2.24) is 5.32 Å². The molecular weight excluding hydrogens is 284 g/mol. The molecule has 0 bridgehead atoms. The molecule has 2 rings (SSSR count). The number of hydrogen-bond donors (Lipinski definition) is 1. The summed E-state index contributed by atoms with van der Waals surface area (Å²) in [6, 6.07) is 6.23. The third-order valence-corrected chi connectivity index (χ3v) is 4.66. The zero-order chi connectivity index (χ0) is 15.1. The highest BCUT2D eigenvalue weighted by Crippen LogP contribution is 2.32. The van der Waals surface area contributed by atoms with Crippen LogP contribution < -0.4 is 10.2 Å². The number of methoxy groups -OCH3 is 1. The molecule has 1 N–H and O–H groups in total. The molecule has 1 fully saturated rings. The molecule has 0 aromatic heterocycles. The van der Waals surface area contributed by atoms with Gasteiger partial charge in [-0.1, -0.05) is 24.1 Å². The van der Waals surface area contributed by atoms with Crippen LogP contribution >= 0.6 is 11.6 Å². The van der Waals surface area contributed by atoms with Crippen LogP contribution in [0.15, 0.2) is 18.2 Å². The third-order valence-electron chi connectivity index (χ3n) is 4.30. The second kappa shape index (κ2) is 8.62. The molecular formula is C17H27ClN2O. The summed E-state index contributed by atoms with van der Waals surface area (Å²) in [5, 5.41) is 4.26. The van der Waals surface area contributed by atoms with Crippen molar-refractivity contribution in [2.24, 2.45) is 5.92 Å². The SMILES string of the molecule is CCN(CC1CCC1)c1cccc(Cl)c1CNCCOC. The van der Waals surface area contributed by atoms with Crippen LogP contribution in [-0.4, -0.2) is 33.4 Å². The molecule has 0 heterocycles. The van der Waals surface area contributed by atoms with Gasteiger partial charge in [-0.2, -0.15) is 0 Å². The van der Waals surface area contributed by atoms with Crippen LogP contribution in [0.5, 0.6) is 0 Å². The highest BCUT2D eigenvalue weighted by atomic mass is 35.5. The van der Waals surface area contributed by atoms with E-state index in [1.165, 1.54) is 30.5 Å². The Balaban J connectivity index is 2.06. The van der Waals surface area contributed by atoms with Gasteiger partial charge in [-0.25, -0.2) is 0 Å². The lowest BCUT2D eigenvalue weighted by atomic mass is 9.85. The van der Waals surface area contributed by atoms with Crippen LogP contribution in [0.3, 0.4) is 0 Å². The molecule has 1 aliphatic carbocycles. The summed E-state index contributed by atoms with van der Waals surface area (Å²) in [6.45, 7) is 6.76. The Bertz CT molecular complexity index is 435. The minimum absolute atomic E-state index is 0.722. The van der Waals surface area contributed by atoms with Gasteiger partial charge in [0, 0.05) is 49.6 Å². The van der Waals surface area contributed by atoms with Gasteiger partial charge < -0.3 is 15.0 Å². The van der Waals surface area contributed by atoms with E-state index in [1.54, 1.807) is 7.11 Å². The summed E-state index contributed by atoms with van der Waals surface area (Å²) >= 11 is 6.43. The standard InChI is InChI=1S/C17H27ClN2O/c1-3-20(13-14-6-4-7-14)17-9-5-8-16(18)15(17)12-19-10-11-21-2/h5,8-9,14,19H,3-4,6-7,10-13H2,1-2H3. The topological polar surface area (TPSA) is 24.5 Å². The molecule has 1 aromatic rings. The van der Waals surface area contributed by atoms with Crippen LogP contribution in [0.2, 0.25) is 5.02 Å². The third kappa shape index (κ3) is 4.60. The fourth-order valence-electron chi connectivity index (χ4n) is 2.79. The molecule has 0 radical (unpaired) electrons. The molecule has 1 aliphatic rings. The summed E-state index contributed by atoms with van der Waals surface area (Å²) in [5.41, 5.74) is 2.48. The lowest BCUT2D eigenvalue weighted by Crippen LogP contribution is -2.33. The second-order valence-corrected chi connectivity index (χ2v) is 6.15. The first kappa shape index (κ1) is 16.6. The second-order valence-electron chi connectivity index (χ2n) is 5.74. The smallest absolute Gasteiger partial charge is 0.0587 e. The van der Waals surface area contributed by atoms with E-state index < -0.39 is 0 Å². The average Bonchev–Trinajstić information content (AvgIpc) is 2.44. The zero-order valence-electron chi connectivity index (χ0n) is 13.2. The zero-order valence-corrected chi connectivity index (χ0v) is 14.0. The molecule has 1 aromatic carbocycles. The number of halogens is 1. The van der Waals surface area contributed by atoms with Crippen LogP contribution in [-0.2, 0) is 11.3 Å². The Hall–Kier alpha value is -0.770. The minimum atomic E-state index is 0.722. The number of nitrogens with zero attached hydrogens (tertiary/aromatic N) is 1. The molecule has 0 aliphatic heterocycles. The Labute approximate surface area is 133 Å². The molecule has 0 saturated heterocycles. The maximum Gasteiger partial charge on any atom is 0.0587 e. The van der Waals surface area contributed by atoms with Gasteiger partial charge in [0.1, 0.15) is 0 Å². The Morgan fingerprint density at radius 2 is 2.19 bits per heavy atom. The van der Waals surface area contributed by atoms with Crippen molar-refractivity contribution in [1.29, 1.82) is 0 Å². The molecule has 118 valence electrons. The van der Waals surface area contributed by atoms with E-state index >= 15 is 0 Å². The van der Waals surface area contributed by atoms with Gasteiger partial charge in [-0.05, 0) is 37.8 Å². The molecule has 21 heavy (non-hydrogen) atoms. The van der Waals surface area contributed by atoms with Crippen LogP contribution in [0.4, 0.5) is 5.69 Å². The van der Waals surface area contributed by atoms with E-state index in [1.807, 2.05) is 6.07 Å². The van der Waals surface area contributed by atoms with E-state index in [9.17, 15) is 0 Å². The van der Waals surface area contributed by atoms with Crippen molar-refractivity contribution in [3.05, 3.63) is 28.8 Å². The van der Waals surface area contributed by atoms with Crippen LogP contribution in [0.25, 0.3) is 0 Å².